The maximum atomic E-state index is 9.68. The molecule has 2 N–H and O–H groups in total. The number of nitrogens with one attached hydrogen (secondary N) is 1. The summed E-state index contributed by atoms with van der Waals surface area (Å²) in [5.74, 6) is 1.09. The molecule has 0 saturated carbocycles. The highest BCUT2D eigenvalue weighted by Crippen LogP contribution is 2.22. The molecule has 0 fully saturated rings. The highest BCUT2D eigenvalue weighted by molar-refractivity contribution is 5.39. The van der Waals surface area contributed by atoms with Crippen LogP contribution in [0.2, 0.25) is 0 Å². The number of hydrogen-bond donors (Lipinski definition) is 2. The van der Waals surface area contributed by atoms with Gasteiger partial charge in [-0.3, -0.25) is 0 Å². The third-order valence-electron chi connectivity index (χ3n) is 2.65. The topological polar surface area (TPSA) is 41.5 Å². The van der Waals surface area contributed by atoms with Gasteiger partial charge in [-0.15, -0.1) is 0 Å². The highest BCUT2D eigenvalue weighted by atomic mass is 16.5. The molecule has 0 radical (unpaired) electrons. The fourth-order valence-electron chi connectivity index (χ4n) is 1.65. The first-order chi connectivity index (χ1) is 7.67. The number of phenolic OH excluding ortho intramolecular Hbond substituents is 1. The van der Waals surface area contributed by atoms with E-state index in [0.29, 0.717) is 18.3 Å². The van der Waals surface area contributed by atoms with E-state index in [4.69, 9.17) is 4.74 Å². The standard InChI is InChI=1S/C13H21NO2/c1-4-5-10(2)14-9-11-8-12(16-3)6-7-13(11)15/h6-8,10,14-15H,4-5,9H2,1-3H3. The van der Waals surface area contributed by atoms with Crippen molar-refractivity contribution in [1.29, 1.82) is 0 Å². The summed E-state index contributed by atoms with van der Waals surface area (Å²) in [6.07, 6.45) is 2.31. The lowest BCUT2D eigenvalue weighted by Crippen LogP contribution is -2.25. The Hall–Kier alpha value is -1.22. The molecule has 1 atom stereocenters. The maximum Gasteiger partial charge on any atom is 0.120 e. The van der Waals surface area contributed by atoms with Crippen LogP contribution in [0.4, 0.5) is 0 Å². The fraction of sp³-hybridized carbons (Fsp3) is 0.538. The van der Waals surface area contributed by atoms with Gasteiger partial charge in [-0.1, -0.05) is 13.3 Å². The van der Waals surface area contributed by atoms with Crippen molar-refractivity contribution in [1.82, 2.24) is 5.32 Å². The molecule has 0 aliphatic rings. The van der Waals surface area contributed by atoms with Crippen LogP contribution in [-0.2, 0) is 6.54 Å². The van der Waals surface area contributed by atoms with Gasteiger partial charge in [0.05, 0.1) is 7.11 Å². The predicted molar refractivity (Wildman–Crippen MR) is 65.9 cm³/mol. The summed E-state index contributed by atoms with van der Waals surface area (Å²) < 4.78 is 5.13. The quantitative estimate of drug-likeness (QED) is 0.779. The van der Waals surface area contributed by atoms with Crippen LogP contribution in [0.1, 0.15) is 32.3 Å². The van der Waals surface area contributed by atoms with Gasteiger partial charge in [-0.2, -0.15) is 0 Å². The molecule has 1 unspecified atom stereocenters. The van der Waals surface area contributed by atoms with Crippen LogP contribution in [0.3, 0.4) is 0 Å². The molecule has 0 aliphatic heterocycles. The minimum Gasteiger partial charge on any atom is -0.508 e. The van der Waals surface area contributed by atoms with Crippen LogP contribution in [-0.4, -0.2) is 18.3 Å². The monoisotopic (exact) mass is 223 g/mol. The minimum atomic E-state index is 0.317. The summed E-state index contributed by atoms with van der Waals surface area (Å²) in [6.45, 7) is 4.99. The van der Waals surface area contributed by atoms with Crippen molar-refractivity contribution >= 4 is 0 Å². The zero-order valence-corrected chi connectivity index (χ0v) is 10.3. The Morgan fingerprint density at radius 1 is 1.44 bits per heavy atom. The summed E-state index contributed by atoms with van der Waals surface area (Å²) >= 11 is 0. The third kappa shape index (κ3) is 3.74. The maximum absolute atomic E-state index is 9.68. The lowest BCUT2D eigenvalue weighted by Gasteiger charge is -2.14. The van der Waals surface area contributed by atoms with E-state index in [1.54, 1.807) is 19.2 Å². The van der Waals surface area contributed by atoms with Gasteiger partial charge in [0, 0.05) is 18.2 Å². The zero-order valence-electron chi connectivity index (χ0n) is 10.3. The predicted octanol–water partition coefficient (Wildman–Crippen LogP) is 2.68. The number of methoxy groups -OCH3 is 1. The summed E-state index contributed by atoms with van der Waals surface area (Å²) in [6, 6.07) is 5.76. The number of phenols is 1. The second-order valence-electron chi connectivity index (χ2n) is 4.07. The SMILES string of the molecule is CCCC(C)NCc1cc(OC)ccc1O. The molecule has 3 nitrogen and oxygen atoms in total. The number of rotatable bonds is 6. The van der Waals surface area contributed by atoms with E-state index in [2.05, 4.69) is 19.2 Å². The third-order valence-corrected chi connectivity index (χ3v) is 2.65. The van der Waals surface area contributed by atoms with Crippen molar-refractivity contribution in [2.24, 2.45) is 0 Å². The Balaban J connectivity index is 2.58. The molecule has 0 heterocycles. The van der Waals surface area contributed by atoms with Crippen LogP contribution < -0.4 is 10.1 Å². The van der Waals surface area contributed by atoms with E-state index in [0.717, 1.165) is 24.2 Å². The summed E-state index contributed by atoms with van der Waals surface area (Å²) in [5.41, 5.74) is 0.877. The summed E-state index contributed by atoms with van der Waals surface area (Å²) in [7, 11) is 1.63. The average molecular weight is 223 g/mol. The largest absolute Gasteiger partial charge is 0.508 e. The van der Waals surface area contributed by atoms with Crippen LogP contribution in [0.25, 0.3) is 0 Å². The highest BCUT2D eigenvalue weighted by Gasteiger charge is 2.05. The molecule has 0 amide bonds. The first-order valence-corrected chi connectivity index (χ1v) is 5.76. The van der Waals surface area contributed by atoms with Gasteiger partial charge in [0.1, 0.15) is 11.5 Å². The van der Waals surface area contributed by atoms with E-state index in [-0.39, 0.29) is 0 Å². The molecule has 0 spiro atoms. The van der Waals surface area contributed by atoms with Gasteiger partial charge in [0.25, 0.3) is 0 Å². The van der Waals surface area contributed by atoms with Crippen LogP contribution in [0.5, 0.6) is 11.5 Å². The molecule has 0 aliphatic carbocycles. The van der Waals surface area contributed by atoms with E-state index in [1.165, 1.54) is 0 Å². The van der Waals surface area contributed by atoms with Crippen molar-refractivity contribution in [3.63, 3.8) is 0 Å². The molecule has 0 aromatic heterocycles. The minimum absolute atomic E-state index is 0.317. The van der Waals surface area contributed by atoms with Crippen LogP contribution in [0, 0.1) is 0 Å². The Bertz CT molecular complexity index is 326. The Kier molecular flexibility index (Phi) is 5.12. The lowest BCUT2D eigenvalue weighted by atomic mass is 10.1. The normalized spacial score (nSPS) is 12.4. The number of benzene rings is 1. The van der Waals surface area contributed by atoms with Crippen LogP contribution >= 0.6 is 0 Å². The molecule has 3 heteroatoms. The first-order valence-electron chi connectivity index (χ1n) is 5.76. The van der Waals surface area contributed by atoms with Crippen molar-refractivity contribution in [3.8, 4) is 11.5 Å². The Morgan fingerprint density at radius 2 is 2.19 bits per heavy atom. The number of hydrogen-bond acceptors (Lipinski definition) is 3. The lowest BCUT2D eigenvalue weighted by molar-refractivity contribution is 0.409. The summed E-state index contributed by atoms with van der Waals surface area (Å²) in [5, 5.41) is 13.1. The molecular formula is C13H21NO2. The van der Waals surface area contributed by atoms with Crippen molar-refractivity contribution in [2.75, 3.05) is 7.11 Å². The second-order valence-corrected chi connectivity index (χ2v) is 4.07. The van der Waals surface area contributed by atoms with Gasteiger partial charge in [0.15, 0.2) is 0 Å². The molecule has 16 heavy (non-hydrogen) atoms. The van der Waals surface area contributed by atoms with Crippen molar-refractivity contribution in [3.05, 3.63) is 23.8 Å². The molecule has 0 saturated heterocycles. The molecular weight excluding hydrogens is 202 g/mol. The van der Waals surface area contributed by atoms with Crippen LogP contribution in [0.15, 0.2) is 18.2 Å². The molecule has 1 aromatic rings. The van der Waals surface area contributed by atoms with E-state index < -0.39 is 0 Å². The van der Waals surface area contributed by atoms with E-state index >= 15 is 0 Å². The second kappa shape index (κ2) is 6.38. The molecule has 1 aromatic carbocycles. The molecule has 1 rings (SSSR count). The number of ether oxygens (including phenoxy) is 1. The van der Waals surface area contributed by atoms with E-state index in [1.807, 2.05) is 6.07 Å². The van der Waals surface area contributed by atoms with Gasteiger partial charge in [0.2, 0.25) is 0 Å². The first kappa shape index (κ1) is 12.8. The van der Waals surface area contributed by atoms with Gasteiger partial charge >= 0.3 is 0 Å². The van der Waals surface area contributed by atoms with Crippen molar-refractivity contribution in [2.45, 2.75) is 39.3 Å². The number of aromatic hydroxyl groups is 1. The van der Waals surface area contributed by atoms with E-state index in [9.17, 15) is 5.11 Å². The average Bonchev–Trinajstić information content (AvgIpc) is 2.28. The van der Waals surface area contributed by atoms with Crippen molar-refractivity contribution < 1.29 is 9.84 Å². The molecule has 0 bridgehead atoms. The smallest absolute Gasteiger partial charge is 0.120 e. The Morgan fingerprint density at radius 3 is 2.81 bits per heavy atom. The fourth-order valence-corrected chi connectivity index (χ4v) is 1.65. The zero-order chi connectivity index (χ0) is 12.0. The van der Waals surface area contributed by atoms with Gasteiger partial charge < -0.3 is 15.2 Å². The van der Waals surface area contributed by atoms with Gasteiger partial charge in [-0.25, -0.2) is 0 Å². The van der Waals surface area contributed by atoms with Gasteiger partial charge in [-0.05, 0) is 31.5 Å². The molecule has 90 valence electrons. The Labute approximate surface area is 97.4 Å². The summed E-state index contributed by atoms with van der Waals surface area (Å²) in [4.78, 5) is 0.